The highest BCUT2D eigenvalue weighted by Gasteiger charge is 2.20. The van der Waals surface area contributed by atoms with Gasteiger partial charge >= 0.3 is 5.69 Å². The predicted molar refractivity (Wildman–Crippen MR) is 68.4 cm³/mol. The Hall–Kier alpha value is -1.84. The number of aryl methyl sites for hydroxylation is 1. The van der Waals surface area contributed by atoms with E-state index in [0.29, 0.717) is 10.9 Å². The Kier molecular flexibility index (Phi) is 2.45. The van der Waals surface area contributed by atoms with Crippen molar-refractivity contribution in [1.82, 2.24) is 9.13 Å². The van der Waals surface area contributed by atoms with Crippen molar-refractivity contribution in [2.45, 2.75) is 26.3 Å². The van der Waals surface area contributed by atoms with Crippen LogP contribution in [0.15, 0.2) is 33.9 Å². The Bertz CT molecular complexity index is 687. The molecule has 0 spiro atoms. The van der Waals surface area contributed by atoms with E-state index in [2.05, 4.69) is 0 Å². The largest absolute Gasteiger partial charge is 0.331 e. The maximum atomic E-state index is 12.3. The normalized spacial score (nSPS) is 12.0. The van der Waals surface area contributed by atoms with Crippen LogP contribution in [0.25, 0.3) is 10.9 Å². The standard InChI is InChI=1S/C13H16N2O2/c1-13(2,3)15-11(16)9-7-5-6-8-10(9)14(4)12(15)17/h5-8H,1-4H3. The van der Waals surface area contributed by atoms with Crippen LogP contribution in [0.3, 0.4) is 0 Å². The van der Waals surface area contributed by atoms with Gasteiger partial charge in [-0.2, -0.15) is 0 Å². The number of aromatic nitrogens is 2. The molecule has 17 heavy (non-hydrogen) atoms. The maximum Gasteiger partial charge on any atom is 0.331 e. The lowest BCUT2D eigenvalue weighted by molar-refractivity contribution is 0.362. The van der Waals surface area contributed by atoms with Gasteiger partial charge in [-0.05, 0) is 32.9 Å². The lowest BCUT2D eigenvalue weighted by Crippen LogP contribution is -2.47. The molecule has 2 rings (SSSR count). The molecule has 0 aliphatic heterocycles. The van der Waals surface area contributed by atoms with Crippen LogP contribution in [-0.4, -0.2) is 9.13 Å². The van der Waals surface area contributed by atoms with Crippen LogP contribution in [0.1, 0.15) is 20.8 Å². The zero-order chi connectivity index (χ0) is 12.8. The van der Waals surface area contributed by atoms with E-state index in [0.717, 1.165) is 0 Å². The SMILES string of the molecule is Cn1c(=O)n(C(C)(C)C)c(=O)c2ccccc21. The molecule has 0 amide bonds. The predicted octanol–water partition coefficient (Wildman–Crippen LogP) is 1.46. The molecule has 1 aromatic carbocycles. The summed E-state index contributed by atoms with van der Waals surface area (Å²) in [6, 6.07) is 7.16. The van der Waals surface area contributed by atoms with Crippen LogP contribution in [0.4, 0.5) is 0 Å². The molecule has 1 heterocycles. The lowest BCUT2D eigenvalue weighted by atomic mass is 10.1. The first-order chi connectivity index (χ1) is 7.84. The minimum Gasteiger partial charge on any atom is -0.296 e. The second-order valence-corrected chi connectivity index (χ2v) is 5.17. The van der Waals surface area contributed by atoms with Gasteiger partial charge in [0, 0.05) is 12.6 Å². The van der Waals surface area contributed by atoms with E-state index in [1.807, 2.05) is 26.8 Å². The van der Waals surface area contributed by atoms with Crippen molar-refractivity contribution < 1.29 is 0 Å². The average molecular weight is 232 g/mol. The molecule has 0 radical (unpaired) electrons. The van der Waals surface area contributed by atoms with E-state index in [9.17, 15) is 9.59 Å². The maximum absolute atomic E-state index is 12.3. The third kappa shape index (κ3) is 1.69. The molecule has 0 saturated carbocycles. The molecule has 0 bridgehead atoms. The fourth-order valence-electron chi connectivity index (χ4n) is 2.00. The third-order valence-corrected chi connectivity index (χ3v) is 2.85. The second-order valence-electron chi connectivity index (χ2n) is 5.17. The van der Waals surface area contributed by atoms with Gasteiger partial charge in [0.15, 0.2) is 0 Å². The summed E-state index contributed by atoms with van der Waals surface area (Å²) < 4.78 is 2.82. The second kappa shape index (κ2) is 3.58. The number of hydrogen-bond acceptors (Lipinski definition) is 2. The van der Waals surface area contributed by atoms with E-state index < -0.39 is 5.54 Å². The lowest BCUT2D eigenvalue weighted by Gasteiger charge is -2.22. The molecule has 0 saturated heterocycles. The third-order valence-electron chi connectivity index (χ3n) is 2.85. The van der Waals surface area contributed by atoms with Crippen molar-refractivity contribution in [3.05, 3.63) is 45.1 Å². The fraction of sp³-hybridized carbons (Fsp3) is 0.385. The van der Waals surface area contributed by atoms with Crippen molar-refractivity contribution in [2.75, 3.05) is 0 Å². The highest BCUT2D eigenvalue weighted by atomic mass is 16.2. The van der Waals surface area contributed by atoms with Gasteiger partial charge in [-0.1, -0.05) is 12.1 Å². The molecule has 1 aromatic heterocycles. The summed E-state index contributed by atoms with van der Waals surface area (Å²) >= 11 is 0. The molecule has 0 atom stereocenters. The smallest absolute Gasteiger partial charge is 0.296 e. The summed E-state index contributed by atoms with van der Waals surface area (Å²) in [6.45, 7) is 5.56. The van der Waals surface area contributed by atoms with Crippen LogP contribution in [-0.2, 0) is 12.6 Å². The zero-order valence-electron chi connectivity index (χ0n) is 10.5. The number of fused-ring (bicyclic) bond motifs is 1. The minimum atomic E-state index is -0.518. The van der Waals surface area contributed by atoms with Crippen molar-refractivity contribution >= 4 is 10.9 Å². The molecule has 0 aliphatic carbocycles. The molecule has 4 heteroatoms. The van der Waals surface area contributed by atoms with Gasteiger partial charge in [0.2, 0.25) is 0 Å². The Morgan fingerprint density at radius 3 is 2.24 bits per heavy atom. The Morgan fingerprint density at radius 1 is 1.06 bits per heavy atom. The van der Waals surface area contributed by atoms with Crippen LogP contribution in [0.5, 0.6) is 0 Å². The first-order valence-corrected chi connectivity index (χ1v) is 5.55. The van der Waals surface area contributed by atoms with Crippen LogP contribution >= 0.6 is 0 Å². The summed E-state index contributed by atoms with van der Waals surface area (Å²) in [5.74, 6) is 0. The van der Waals surface area contributed by atoms with Crippen LogP contribution in [0.2, 0.25) is 0 Å². The van der Waals surface area contributed by atoms with Gasteiger partial charge in [-0.25, -0.2) is 4.79 Å². The molecule has 90 valence electrons. The van der Waals surface area contributed by atoms with Gasteiger partial charge < -0.3 is 0 Å². The molecular formula is C13H16N2O2. The van der Waals surface area contributed by atoms with Gasteiger partial charge in [0.05, 0.1) is 10.9 Å². The summed E-state index contributed by atoms with van der Waals surface area (Å²) in [6.07, 6.45) is 0. The van der Waals surface area contributed by atoms with Gasteiger partial charge in [0.25, 0.3) is 5.56 Å². The van der Waals surface area contributed by atoms with E-state index in [-0.39, 0.29) is 11.2 Å². The van der Waals surface area contributed by atoms with Crippen LogP contribution in [0, 0.1) is 0 Å². The highest BCUT2D eigenvalue weighted by Crippen LogP contribution is 2.11. The summed E-state index contributed by atoms with van der Waals surface area (Å²) in [5, 5.41) is 0.574. The first-order valence-electron chi connectivity index (χ1n) is 5.55. The van der Waals surface area contributed by atoms with Gasteiger partial charge in [-0.3, -0.25) is 13.9 Å². The zero-order valence-corrected chi connectivity index (χ0v) is 10.5. The number of para-hydroxylation sites is 1. The van der Waals surface area contributed by atoms with E-state index >= 15 is 0 Å². The molecule has 0 aliphatic rings. The molecule has 0 unspecified atom stereocenters. The van der Waals surface area contributed by atoms with E-state index in [1.165, 1.54) is 9.13 Å². The quantitative estimate of drug-likeness (QED) is 0.690. The van der Waals surface area contributed by atoms with E-state index in [4.69, 9.17) is 0 Å². The van der Waals surface area contributed by atoms with Crippen molar-refractivity contribution in [1.29, 1.82) is 0 Å². The molecule has 0 fully saturated rings. The number of nitrogens with zero attached hydrogens (tertiary/aromatic N) is 2. The minimum absolute atomic E-state index is 0.226. The Morgan fingerprint density at radius 2 is 1.65 bits per heavy atom. The first kappa shape index (κ1) is 11.6. The fourth-order valence-corrected chi connectivity index (χ4v) is 2.00. The van der Waals surface area contributed by atoms with Crippen molar-refractivity contribution in [3.63, 3.8) is 0 Å². The van der Waals surface area contributed by atoms with Crippen molar-refractivity contribution in [2.24, 2.45) is 7.05 Å². The summed E-state index contributed by atoms with van der Waals surface area (Å²) in [7, 11) is 1.69. The molecule has 2 aromatic rings. The number of rotatable bonds is 0. The van der Waals surface area contributed by atoms with E-state index in [1.54, 1.807) is 25.2 Å². The van der Waals surface area contributed by atoms with Gasteiger partial charge in [0.1, 0.15) is 0 Å². The number of hydrogen-bond donors (Lipinski definition) is 0. The summed E-state index contributed by atoms with van der Waals surface area (Å²) in [5.41, 5.74) is -0.351. The Balaban J connectivity index is 3.09. The average Bonchev–Trinajstić information content (AvgIpc) is 2.24. The molecule has 4 nitrogen and oxygen atoms in total. The molecule has 0 N–H and O–H groups in total. The Labute approximate surface area is 99.1 Å². The van der Waals surface area contributed by atoms with Crippen molar-refractivity contribution in [3.8, 4) is 0 Å². The highest BCUT2D eigenvalue weighted by molar-refractivity contribution is 5.77. The summed E-state index contributed by atoms with van der Waals surface area (Å²) in [4.78, 5) is 24.5. The topological polar surface area (TPSA) is 44.0 Å². The van der Waals surface area contributed by atoms with Gasteiger partial charge in [-0.15, -0.1) is 0 Å². The molecular weight excluding hydrogens is 216 g/mol. The monoisotopic (exact) mass is 232 g/mol. The number of benzene rings is 1. The van der Waals surface area contributed by atoms with Crippen LogP contribution < -0.4 is 11.2 Å².